The number of hydrogen-bond acceptors (Lipinski definition) is 3. The fourth-order valence-electron chi connectivity index (χ4n) is 2.04. The minimum Gasteiger partial charge on any atom is -0.497 e. The molecule has 0 radical (unpaired) electrons. The summed E-state index contributed by atoms with van der Waals surface area (Å²) in [5.74, 6) is 1.16. The Kier molecular flexibility index (Phi) is 6.03. The van der Waals surface area contributed by atoms with Crippen molar-refractivity contribution >= 4 is 5.78 Å². The Morgan fingerprint density at radius 1 is 1.21 bits per heavy atom. The molecule has 0 aliphatic heterocycles. The van der Waals surface area contributed by atoms with Crippen LogP contribution < -0.4 is 10.1 Å². The van der Waals surface area contributed by atoms with Crippen molar-refractivity contribution in [2.45, 2.75) is 46.2 Å². The predicted molar refractivity (Wildman–Crippen MR) is 80.7 cm³/mol. The van der Waals surface area contributed by atoms with Crippen molar-refractivity contribution in [3.05, 3.63) is 29.8 Å². The fraction of sp³-hybridized carbons (Fsp3) is 0.562. The fourth-order valence-corrected chi connectivity index (χ4v) is 2.04. The summed E-state index contributed by atoms with van der Waals surface area (Å²) in [6, 6.07) is 8.07. The topological polar surface area (TPSA) is 38.3 Å². The van der Waals surface area contributed by atoms with Crippen molar-refractivity contribution in [2.75, 3.05) is 7.11 Å². The van der Waals surface area contributed by atoms with Crippen molar-refractivity contribution in [1.29, 1.82) is 0 Å². The van der Waals surface area contributed by atoms with E-state index in [1.54, 1.807) is 7.11 Å². The molecule has 19 heavy (non-hydrogen) atoms. The third kappa shape index (κ3) is 5.03. The molecule has 1 aromatic carbocycles. The van der Waals surface area contributed by atoms with E-state index in [0.29, 0.717) is 6.04 Å². The Balaban J connectivity index is 0.00000361. The number of nitrogens with one attached hydrogen (secondary N) is 1. The highest BCUT2D eigenvalue weighted by atomic mass is 16.5. The lowest BCUT2D eigenvalue weighted by molar-refractivity contribution is -0.124. The highest BCUT2D eigenvalue weighted by molar-refractivity contribution is 5.86. The van der Waals surface area contributed by atoms with Crippen molar-refractivity contribution in [3.63, 3.8) is 0 Å². The van der Waals surface area contributed by atoms with Gasteiger partial charge < -0.3 is 10.1 Å². The van der Waals surface area contributed by atoms with Crippen molar-refractivity contribution in [1.82, 2.24) is 5.32 Å². The van der Waals surface area contributed by atoms with Gasteiger partial charge in [0, 0.05) is 13.4 Å². The molecule has 1 N–H and O–H groups in total. The molecule has 0 saturated carbocycles. The molecular weight excluding hydrogens is 238 g/mol. The van der Waals surface area contributed by atoms with Crippen molar-refractivity contribution < 1.29 is 11.0 Å². The molecule has 3 heteroatoms. The highest BCUT2D eigenvalue weighted by Gasteiger charge is 2.21. The molecule has 0 amide bonds. The van der Waals surface area contributed by atoms with Crippen LogP contribution in [0.3, 0.4) is 0 Å². The zero-order chi connectivity index (χ0) is 14.4. The molecule has 1 aromatic rings. The lowest BCUT2D eigenvalue weighted by Gasteiger charge is -2.22. The van der Waals surface area contributed by atoms with Crippen LogP contribution in [0.4, 0.5) is 0 Å². The first-order valence-corrected chi connectivity index (χ1v) is 6.86. The summed E-state index contributed by atoms with van der Waals surface area (Å²) < 4.78 is 5.14. The summed E-state index contributed by atoms with van der Waals surface area (Å²) in [5, 5.41) is 3.36. The SMILES string of the molecule is COc1ccc(C[C@H](NC(C)C)C(=O)C(C)C)cc1.[HH]. The van der Waals surface area contributed by atoms with E-state index < -0.39 is 0 Å². The Hall–Kier alpha value is -1.35. The van der Waals surface area contributed by atoms with Gasteiger partial charge in [-0.25, -0.2) is 0 Å². The molecule has 0 fully saturated rings. The van der Waals surface area contributed by atoms with Crippen LogP contribution in [-0.2, 0) is 11.2 Å². The average molecular weight is 265 g/mol. The van der Waals surface area contributed by atoms with E-state index in [-0.39, 0.29) is 19.2 Å². The van der Waals surface area contributed by atoms with Gasteiger partial charge in [-0.2, -0.15) is 0 Å². The van der Waals surface area contributed by atoms with Crippen LogP contribution in [0.2, 0.25) is 0 Å². The van der Waals surface area contributed by atoms with Gasteiger partial charge in [0.1, 0.15) is 5.75 Å². The maximum absolute atomic E-state index is 12.2. The number of ether oxygens (including phenoxy) is 1. The summed E-state index contributed by atoms with van der Waals surface area (Å²) >= 11 is 0. The molecular formula is C16H27NO2. The monoisotopic (exact) mass is 265 g/mol. The van der Waals surface area contributed by atoms with Gasteiger partial charge in [0.25, 0.3) is 0 Å². The second kappa shape index (κ2) is 7.29. The third-order valence-electron chi connectivity index (χ3n) is 3.05. The van der Waals surface area contributed by atoms with E-state index in [9.17, 15) is 4.79 Å². The van der Waals surface area contributed by atoms with Crippen LogP contribution in [0, 0.1) is 5.92 Å². The highest BCUT2D eigenvalue weighted by Crippen LogP contribution is 2.14. The van der Waals surface area contributed by atoms with Crippen LogP contribution in [0.5, 0.6) is 5.75 Å². The Bertz CT molecular complexity index is 401. The normalized spacial score (nSPS) is 12.8. The molecule has 0 aliphatic rings. The van der Waals surface area contributed by atoms with Crippen LogP contribution in [-0.4, -0.2) is 25.0 Å². The first kappa shape index (κ1) is 15.7. The number of hydrogen-bond donors (Lipinski definition) is 1. The number of methoxy groups -OCH3 is 1. The lowest BCUT2D eigenvalue weighted by atomic mass is 9.95. The van der Waals surface area contributed by atoms with E-state index >= 15 is 0 Å². The number of ketones is 1. The van der Waals surface area contributed by atoms with E-state index in [4.69, 9.17) is 4.74 Å². The molecule has 0 saturated heterocycles. The van der Waals surface area contributed by atoms with Gasteiger partial charge >= 0.3 is 0 Å². The Labute approximate surface area is 117 Å². The lowest BCUT2D eigenvalue weighted by Crippen LogP contribution is -2.44. The third-order valence-corrected chi connectivity index (χ3v) is 3.05. The summed E-state index contributed by atoms with van der Waals surface area (Å²) in [5.41, 5.74) is 1.15. The average Bonchev–Trinajstić information content (AvgIpc) is 2.37. The summed E-state index contributed by atoms with van der Waals surface area (Å²) in [7, 11) is 1.65. The number of benzene rings is 1. The van der Waals surface area contributed by atoms with Gasteiger partial charge in [-0.1, -0.05) is 39.8 Å². The molecule has 0 unspecified atom stereocenters. The zero-order valence-electron chi connectivity index (χ0n) is 12.6. The van der Waals surface area contributed by atoms with Gasteiger partial charge in [-0.15, -0.1) is 0 Å². The van der Waals surface area contributed by atoms with E-state index in [1.807, 2.05) is 38.1 Å². The maximum Gasteiger partial charge on any atom is 0.152 e. The number of rotatable bonds is 7. The summed E-state index contributed by atoms with van der Waals surface area (Å²) in [6.45, 7) is 8.03. The Morgan fingerprint density at radius 2 is 1.79 bits per heavy atom. The van der Waals surface area contributed by atoms with Gasteiger partial charge in [-0.05, 0) is 24.1 Å². The van der Waals surface area contributed by atoms with Crippen LogP contribution in [0.15, 0.2) is 24.3 Å². The van der Waals surface area contributed by atoms with Crippen LogP contribution in [0.1, 0.15) is 34.7 Å². The summed E-state index contributed by atoms with van der Waals surface area (Å²) in [4.78, 5) is 12.2. The number of Topliss-reactive ketones (excluding diaryl/α,β-unsaturated/α-hetero) is 1. The van der Waals surface area contributed by atoms with Gasteiger partial charge in [0.15, 0.2) is 5.78 Å². The van der Waals surface area contributed by atoms with E-state index in [1.165, 1.54) is 0 Å². The number of carbonyl (C=O) groups is 1. The minimum atomic E-state index is -0.117. The molecule has 1 rings (SSSR count). The molecule has 0 aromatic heterocycles. The second-order valence-electron chi connectivity index (χ2n) is 5.48. The minimum absolute atomic E-state index is 0. The first-order valence-electron chi connectivity index (χ1n) is 6.86. The Morgan fingerprint density at radius 3 is 2.21 bits per heavy atom. The predicted octanol–water partition coefficient (Wildman–Crippen LogP) is 3.08. The quantitative estimate of drug-likeness (QED) is 0.823. The molecule has 1 atom stereocenters. The summed E-state index contributed by atoms with van der Waals surface area (Å²) in [6.07, 6.45) is 0.721. The van der Waals surface area contributed by atoms with Gasteiger partial charge in [-0.3, -0.25) is 4.79 Å². The van der Waals surface area contributed by atoms with Gasteiger partial charge in [0.2, 0.25) is 0 Å². The van der Waals surface area contributed by atoms with Crippen LogP contribution >= 0.6 is 0 Å². The van der Waals surface area contributed by atoms with E-state index in [0.717, 1.165) is 17.7 Å². The molecule has 0 spiro atoms. The van der Waals surface area contributed by atoms with Crippen LogP contribution in [0.25, 0.3) is 0 Å². The van der Waals surface area contributed by atoms with E-state index in [2.05, 4.69) is 19.2 Å². The largest absolute Gasteiger partial charge is 0.497 e. The molecule has 3 nitrogen and oxygen atoms in total. The maximum atomic E-state index is 12.2. The van der Waals surface area contributed by atoms with Gasteiger partial charge in [0.05, 0.1) is 13.2 Å². The second-order valence-corrected chi connectivity index (χ2v) is 5.48. The van der Waals surface area contributed by atoms with Crippen molar-refractivity contribution in [3.8, 4) is 5.75 Å². The first-order chi connectivity index (χ1) is 8.93. The standard InChI is InChI=1S/C16H25NO2.H2/c1-11(2)16(18)15(17-12(3)4)10-13-6-8-14(19-5)9-7-13;/h6-9,11-12,15,17H,10H2,1-5H3;1H/t15-;/m0./s1. The molecule has 0 aliphatic carbocycles. The molecule has 0 heterocycles. The molecule has 0 bridgehead atoms. The molecule has 108 valence electrons. The smallest absolute Gasteiger partial charge is 0.152 e. The van der Waals surface area contributed by atoms with Crippen molar-refractivity contribution in [2.24, 2.45) is 5.92 Å². The number of carbonyl (C=O) groups excluding carboxylic acids is 1. The zero-order valence-corrected chi connectivity index (χ0v) is 12.6.